The van der Waals surface area contributed by atoms with Gasteiger partial charge in [-0.05, 0) is 12.8 Å². The molecule has 0 bridgehead atoms. The van der Waals surface area contributed by atoms with Crippen LogP contribution in [-0.2, 0) is 4.79 Å². The van der Waals surface area contributed by atoms with Crippen LogP contribution in [0.2, 0.25) is 0 Å². The Labute approximate surface area is 166 Å². The molecule has 4 N–H and O–H groups in total. The minimum atomic E-state index is -1.08. The second-order valence-electron chi connectivity index (χ2n) is 7.82. The van der Waals surface area contributed by atoms with Crippen molar-refractivity contribution >= 4 is 5.91 Å². The van der Waals surface area contributed by atoms with Gasteiger partial charge in [0.1, 0.15) is 6.10 Å². The zero-order valence-electron chi connectivity index (χ0n) is 17.8. The van der Waals surface area contributed by atoms with E-state index in [1.54, 1.807) is 6.92 Å². The SMILES string of the molecule is CCCCCCCCCCCCCCCC(O)C(CO)NC(=O)C(O)CC. The maximum atomic E-state index is 11.7. The molecule has 0 aromatic rings. The Morgan fingerprint density at radius 3 is 1.63 bits per heavy atom. The van der Waals surface area contributed by atoms with Crippen LogP contribution in [0.15, 0.2) is 0 Å². The second kappa shape index (κ2) is 18.7. The van der Waals surface area contributed by atoms with Crippen LogP contribution in [0.5, 0.6) is 0 Å². The van der Waals surface area contributed by atoms with E-state index in [0.29, 0.717) is 12.8 Å². The molecule has 0 aliphatic rings. The Bertz CT molecular complexity index is 338. The van der Waals surface area contributed by atoms with E-state index in [4.69, 9.17) is 0 Å². The highest BCUT2D eigenvalue weighted by atomic mass is 16.3. The van der Waals surface area contributed by atoms with Crippen molar-refractivity contribution in [3.8, 4) is 0 Å². The predicted molar refractivity (Wildman–Crippen MR) is 112 cm³/mol. The molecule has 3 unspecified atom stereocenters. The van der Waals surface area contributed by atoms with Gasteiger partial charge in [0.15, 0.2) is 0 Å². The van der Waals surface area contributed by atoms with Crippen molar-refractivity contribution in [2.24, 2.45) is 0 Å². The van der Waals surface area contributed by atoms with Crippen LogP contribution in [0.3, 0.4) is 0 Å². The van der Waals surface area contributed by atoms with Crippen molar-refractivity contribution in [3.63, 3.8) is 0 Å². The van der Waals surface area contributed by atoms with Crippen LogP contribution in [-0.4, -0.2) is 46.1 Å². The molecule has 0 saturated carbocycles. The normalized spacial score (nSPS) is 14.7. The summed E-state index contributed by atoms with van der Waals surface area (Å²) in [4.78, 5) is 11.7. The summed E-state index contributed by atoms with van der Waals surface area (Å²) in [6.45, 7) is 3.65. The lowest BCUT2D eigenvalue weighted by Gasteiger charge is -2.23. The minimum Gasteiger partial charge on any atom is -0.394 e. The molecular weight excluding hydrogens is 342 g/mol. The second-order valence-corrected chi connectivity index (χ2v) is 7.82. The number of hydrogen-bond donors (Lipinski definition) is 4. The number of carbonyl (C=O) groups is 1. The summed E-state index contributed by atoms with van der Waals surface area (Å²) >= 11 is 0. The summed E-state index contributed by atoms with van der Waals surface area (Å²) in [5, 5.41) is 31.5. The van der Waals surface area contributed by atoms with E-state index < -0.39 is 24.2 Å². The fraction of sp³-hybridized carbons (Fsp3) is 0.955. The smallest absolute Gasteiger partial charge is 0.249 e. The first-order valence-corrected chi connectivity index (χ1v) is 11.3. The molecular formula is C22H45NO4. The first-order chi connectivity index (χ1) is 13.1. The van der Waals surface area contributed by atoms with E-state index in [1.165, 1.54) is 70.6 Å². The number of aliphatic hydroxyl groups excluding tert-OH is 3. The third-order valence-electron chi connectivity index (χ3n) is 5.28. The highest BCUT2D eigenvalue weighted by Gasteiger charge is 2.22. The summed E-state index contributed by atoms with van der Waals surface area (Å²) in [7, 11) is 0. The van der Waals surface area contributed by atoms with Gasteiger partial charge >= 0.3 is 0 Å². The van der Waals surface area contributed by atoms with Gasteiger partial charge in [-0.3, -0.25) is 4.79 Å². The number of nitrogens with one attached hydrogen (secondary N) is 1. The fourth-order valence-electron chi connectivity index (χ4n) is 3.30. The molecule has 27 heavy (non-hydrogen) atoms. The number of carbonyl (C=O) groups excluding carboxylic acids is 1. The molecule has 5 nitrogen and oxygen atoms in total. The van der Waals surface area contributed by atoms with Gasteiger partial charge in [-0.2, -0.15) is 0 Å². The summed E-state index contributed by atoms with van der Waals surface area (Å²) < 4.78 is 0. The van der Waals surface area contributed by atoms with E-state index in [9.17, 15) is 20.1 Å². The maximum Gasteiger partial charge on any atom is 0.249 e. The average molecular weight is 388 g/mol. The molecule has 0 fully saturated rings. The van der Waals surface area contributed by atoms with Gasteiger partial charge in [-0.25, -0.2) is 0 Å². The van der Waals surface area contributed by atoms with E-state index in [0.717, 1.165) is 12.8 Å². The quantitative estimate of drug-likeness (QED) is 0.251. The molecule has 0 spiro atoms. The van der Waals surface area contributed by atoms with E-state index in [2.05, 4.69) is 12.2 Å². The Morgan fingerprint density at radius 2 is 1.22 bits per heavy atom. The Balaban J connectivity index is 3.56. The van der Waals surface area contributed by atoms with Gasteiger partial charge in [-0.1, -0.05) is 97.3 Å². The Morgan fingerprint density at radius 1 is 0.778 bits per heavy atom. The molecule has 0 aromatic carbocycles. The van der Waals surface area contributed by atoms with Crippen LogP contribution in [0.4, 0.5) is 0 Å². The highest BCUT2D eigenvalue weighted by Crippen LogP contribution is 2.14. The van der Waals surface area contributed by atoms with E-state index in [-0.39, 0.29) is 6.61 Å². The van der Waals surface area contributed by atoms with E-state index in [1.807, 2.05) is 0 Å². The summed E-state index contributed by atoms with van der Waals surface area (Å²) in [5.41, 5.74) is 0. The van der Waals surface area contributed by atoms with Crippen LogP contribution in [0.25, 0.3) is 0 Å². The molecule has 0 saturated heterocycles. The standard InChI is InChI=1S/C22H45NO4/c1-3-5-6-7-8-9-10-11-12-13-14-15-16-17-21(26)19(18-24)23-22(27)20(25)4-2/h19-21,24-26H,3-18H2,1-2H3,(H,23,27). The van der Waals surface area contributed by atoms with Crippen molar-refractivity contribution in [2.45, 2.75) is 128 Å². The molecule has 3 atom stereocenters. The van der Waals surface area contributed by atoms with Crippen molar-refractivity contribution in [1.82, 2.24) is 5.32 Å². The lowest BCUT2D eigenvalue weighted by atomic mass is 10.0. The topological polar surface area (TPSA) is 89.8 Å². The van der Waals surface area contributed by atoms with Crippen molar-refractivity contribution in [3.05, 3.63) is 0 Å². The molecule has 0 heterocycles. The third kappa shape index (κ3) is 15.0. The van der Waals surface area contributed by atoms with Crippen molar-refractivity contribution < 1.29 is 20.1 Å². The van der Waals surface area contributed by atoms with E-state index >= 15 is 0 Å². The predicted octanol–water partition coefficient (Wildman–Crippen LogP) is 4.08. The number of amides is 1. The van der Waals surface area contributed by atoms with Crippen molar-refractivity contribution in [2.75, 3.05) is 6.61 Å². The van der Waals surface area contributed by atoms with Crippen LogP contribution >= 0.6 is 0 Å². The zero-order chi connectivity index (χ0) is 20.3. The summed E-state index contributed by atoms with van der Waals surface area (Å²) in [6, 6.07) is -0.698. The highest BCUT2D eigenvalue weighted by molar-refractivity contribution is 5.80. The van der Waals surface area contributed by atoms with Crippen LogP contribution in [0.1, 0.15) is 110 Å². The van der Waals surface area contributed by atoms with Crippen LogP contribution in [0, 0.1) is 0 Å². The molecule has 0 rings (SSSR count). The fourth-order valence-corrected chi connectivity index (χ4v) is 3.30. The average Bonchev–Trinajstić information content (AvgIpc) is 2.68. The molecule has 0 aliphatic carbocycles. The van der Waals surface area contributed by atoms with Gasteiger partial charge in [0, 0.05) is 0 Å². The van der Waals surface area contributed by atoms with Gasteiger partial charge < -0.3 is 20.6 Å². The maximum absolute atomic E-state index is 11.7. The minimum absolute atomic E-state index is 0.318. The van der Waals surface area contributed by atoms with Crippen molar-refractivity contribution in [1.29, 1.82) is 0 Å². The lowest BCUT2D eigenvalue weighted by Crippen LogP contribution is -2.49. The van der Waals surface area contributed by atoms with Gasteiger partial charge in [0.05, 0.1) is 18.8 Å². The third-order valence-corrected chi connectivity index (χ3v) is 5.28. The van der Waals surface area contributed by atoms with Gasteiger partial charge in [-0.15, -0.1) is 0 Å². The number of unbranched alkanes of at least 4 members (excludes halogenated alkanes) is 12. The summed E-state index contributed by atoms with van der Waals surface area (Å²) in [5.74, 6) is -0.527. The Kier molecular flexibility index (Phi) is 18.3. The molecule has 162 valence electrons. The number of aliphatic hydroxyl groups is 3. The lowest BCUT2D eigenvalue weighted by molar-refractivity contribution is -0.131. The molecule has 0 aromatic heterocycles. The molecule has 0 aliphatic heterocycles. The largest absolute Gasteiger partial charge is 0.394 e. The first kappa shape index (κ1) is 26.4. The molecule has 1 amide bonds. The van der Waals surface area contributed by atoms with Crippen LogP contribution < -0.4 is 5.32 Å². The molecule has 0 radical (unpaired) electrons. The Hall–Kier alpha value is -0.650. The first-order valence-electron chi connectivity index (χ1n) is 11.3. The monoisotopic (exact) mass is 387 g/mol. The van der Waals surface area contributed by atoms with Gasteiger partial charge in [0.25, 0.3) is 0 Å². The molecule has 5 heteroatoms. The van der Waals surface area contributed by atoms with Gasteiger partial charge in [0.2, 0.25) is 5.91 Å². The number of hydrogen-bond acceptors (Lipinski definition) is 4. The summed E-state index contributed by atoms with van der Waals surface area (Å²) in [6.07, 6.45) is 15.6. The number of rotatable bonds is 19. The zero-order valence-corrected chi connectivity index (χ0v) is 17.8.